The van der Waals surface area contributed by atoms with E-state index in [2.05, 4.69) is 0 Å². The Morgan fingerprint density at radius 3 is 2.57 bits per heavy atom. The van der Waals surface area contributed by atoms with Crippen molar-refractivity contribution in [2.45, 2.75) is 38.5 Å². The summed E-state index contributed by atoms with van der Waals surface area (Å²) in [7, 11) is 0. The van der Waals surface area contributed by atoms with Crippen LogP contribution in [0.15, 0.2) is 0 Å². The SMILES string of the molecule is CC1CCCCN1C(=O)NC(F)(F)F. The number of alkyl halides is 3. The monoisotopic (exact) mass is 210 g/mol. The molecule has 6 heteroatoms. The number of nitrogens with zero attached hydrogens (tertiary/aromatic N) is 1. The Morgan fingerprint density at radius 2 is 2.07 bits per heavy atom. The van der Waals surface area contributed by atoms with Gasteiger partial charge in [0.15, 0.2) is 0 Å². The summed E-state index contributed by atoms with van der Waals surface area (Å²) >= 11 is 0. The molecule has 1 unspecified atom stereocenters. The van der Waals surface area contributed by atoms with E-state index in [-0.39, 0.29) is 6.04 Å². The number of carbonyl (C=O) groups excluding carboxylic acids is 1. The van der Waals surface area contributed by atoms with Gasteiger partial charge in [0, 0.05) is 12.6 Å². The predicted octanol–water partition coefficient (Wildman–Crippen LogP) is 2.09. The molecule has 1 aliphatic rings. The van der Waals surface area contributed by atoms with Crippen LogP contribution >= 0.6 is 0 Å². The molecule has 82 valence electrons. The molecule has 1 fully saturated rings. The van der Waals surface area contributed by atoms with Crippen LogP contribution in [-0.2, 0) is 0 Å². The predicted molar refractivity (Wildman–Crippen MR) is 44.6 cm³/mol. The van der Waals surface area contributed by atoms with Gasteiger partial charge in [-0.3, -0.25) is 0 Å². The Kier molecular flexibility index (Phi) is 3.23. The molecule has 0 bridgehead atoms. The minimum Gasteiger partial charge on any atom is -0.322 e. The second-order valence-corrected chi connectivity index (χ2v) is 3.47. The second-order valence-electron chi connectivity index (χ2n) is 3.47. The van der Waals surface area contributed by atoms with E-state index in [0.717, 1.165) is 24.6 Å². The molecule has 0 spiro atoms. The van der Waals surface area contributed by atoms with Crippen molar-refractivity contribution in [3.63, 3.8) is 0 Å². The highest BCUT2D eigenvalue weighted by Gasteiger charge is 2.34. The number of rotatable bonds is 0. The third-order valence-corrected chi connectivity index (χ3v) is 2.31. The van der Waals surface area contributed by atoms with Gasteiger partial charge < -0.3 is 4.90 Å². The largest absolute Gasteiger partial charge is 0.485 e. The molecule has 0 saturated carbocycles. The zero-order chi connectivity index (χ0) is 10.8. The van der Waals surface area contributed by atoms with Crippen LogP contribution in [-0.4, -0.2) is 29.8 Å². The lowest BCUT2D eigenvalue weighted by atomic mass is 10.0. The Balaban J connectivity index is 2.50. The van der Waals surface area contributed by atoms with Crippen molar-refractivity contribution >= 4 is 6.03 Å². The van der Waals surface area contributed by atoms with E-state index < -0.39 is 12.3 Å². The molecule has 0 aliphatic carbocycles. The van der Waals surface area contributed by atoms with Gasteiger partial charge in [-0.2, -0.15) is 13.2 Å². The summed E-state index contributed by atoms with van der Waals surface area (Å²) in [4.78, 5) is 12.4. The van der Waals surface area contributed by atoms with E-state index in [1.807, 2.05) is 0 Å². The number of nitrogens with one attached hydrogen (secondary N) is 1. The van der Waals surface area contributed by atoms with Crippen LogP contribution in [0.4, 0.5) is 18.0 Å². The normalized spacial score (nSPS) is 23.4. The van der Waals surface area contributed by atoms with Crippen molar-refractivity contribution in [3.8, 4) is 0 Å². The van der Waals surface area contributed by atoms with Gasteiger partial charge in [-0.1, -0.05) is 0 Å². The minimum atomic E-state index is -4.63. The first-order chi connectivity index (χ1) is 6.40. The fourth-order valence-corrected chi connectivity index (χ4v) is 1.59. The molecule has 3 nitrogen and oxygen atoms in total. The lowest BCUT2D eigenvalue weighted by molar-refractivity contribution is -0.148. The molecule has 0 radical (unpaired) electrons. The maximum Gasteiger partial charge on any atom is 0.485 e. The van der Waals surface area contributed by atoms with Crippen LogP contribution in [0.5, 0.6) is 0 Å². The average molecular weight is 210 g/mol. The maximum atomic E-state index is 11.8. The average Bonchev–Trinajstić information content (AvgIpc) is 2.01. The number of halogens is 3. The van der Waals surface area contributed by atoms with E-state index in [1.165, 1.54) is 4.90 Å². The Morgan fingerprint density at radius 1 is 1.43 bits per heavy atom. The van der Waals surface area contributed by atoms with Gasteiger partial charge in [0.2, 0.25) is 0 Å². The summed E-state index contributed by atoms with van der Waals surface area (Å²) in [5, 5.41) is 1.01. The molecular formula is C8H13F3N2O. The Bertz CT molecular complexity index is 217. The van der Waals surface area contributed by atoms with E-state index in [1.54, 1.807) is 6.92 Å². The van der Waals surface area contributed by atoms with Crippen LogP contribution in [0.3, 0.4) is 0 Å². The zero-order valence-corrected chi connectivity index (χ0v) is 7.90. The summed E-state index contributed by atoms with van der Waals surface area (Å²) in [5.74, 6) is 0. The highest BCUT2D eigenvalue weighted by atomic mass is 19.4. The Labute approximate surface area is 80.3 Å². The van der Waals surface area contributed by atoms with Crippen LogP contribution < -0.4 is 5.32 Å². The lowest BCUT2D eigenvalue weighted by Gasteiger charge is -2.33. The first kappa shape index (κ1) is 11.1. The van der Waals surface area contributed by atoms with Gasteiger partial charge in [-0.25, -0.2) is 10.1 Å². The van der Waals surface area contributed by atoms with E-state index in [9.17, 15) is 18.0 Å². The number of piperidine rings is 1. The summed E-state index contributed by atoms with van der Waals surface area (Å²) in [6.45, 7) is 2.16. The molecule has 14 heavy (non-hydrogen) atoms. The molecule has 1 atom stereocenters. The third kappa shape index (κ3) is 3.08. The minimum absolute atomic E-state index is 0.105. The van der Waals surface area contributed by atoms with Gasteiger partial charge in [-0.05, 0) is 26.2 Å². The van der Waals surface area contributed by atoms with E-state index in [4.69, 9.17) is 0 Å². The molecule has 0 aromatic carbocycles. The summed E-state index contributed by atoms with van der Waals surface area (Å²) in [6.07, 6.45) is -2.12. The number of carbonyl (C=O) groups is 1. The van der Waals surface area contributed by atoms with Crippen molar-refractivity contribution in [1.82, 2.24) is 10.2 Å². The molecule has 2 amide bonds. The van der Waals surface area contributed by atoms with Gasteiger partial charge in [0.1, 0.15) is 0 Å². The number of hydrogen-bond acceptors (Lipinski definition) is 1. The molecule has 1 rings (SSSR count). The summed E-state index contributed by atoms with van der Waals surface area (Å²) in [6, 6.07) is -1.14. The molecule has 1 aliphatic heterocycles. The molecule has 0 aromatic heterocycles. The van der Waals surface area contributed by atoms with E-state index >= 15 is 0 Å². The molecule has 0 aromatic rings. The van der Waals surface area contributed by atoms with Gasteiger partial charge in [-0.15, -0.1) is 0 Å². The molecular weight excluding hydrogens is 197 g/mol. The van der Waals surface area contributed by atoms with Crippen molar-refractivity contribution in [2.75, 3.05) is 6.54 Å². The fraction of sp³-hybridized carbons (Fsp3) is 0.875. The van der Waals surface area contributed by atoms with Crippen molar-refractivity contribution in [2.24, 2.45) is 0 Å². The smallest absolute Gasteiger partial charge is 0.322 e. The molecule has 1 heterocycles. The summed E-state index contributed by atoms with van der Waals surface area (Å²) in [5.41, 5.74) is 0. The maximum absolute atomic E-state index is 11.8. The van der Waals surface area contributed by atoms with Crippen LogP contribution in [0.1, 0.15) is 26.2 Å². The van der Waals surface area contributed by atoms with Crippen LogP contribution in [0.2, 0.25) is 0 Å². The number of hydrogen-bond donors (Lipinski definition) is 1. The standard InChI is InChI=1S/C8H13F3N2O/c1-6-4-2-3-5-13(6)7(14)12-8(9,10)11/h6H,2-5H2,1H3,(H,12,14). The number of amides is 2. The number of urea groups is 1. The first-order valence-corrected chi connectivity index (χ1v) is 4.55. The van der Waals surface area contributed by atoms with Gasteiger partial charge in [0.25, 0.3) is 0 Å². The van der Waals surface area contributed by atoms with Crippen LogP contribution in [0, 0.1) is 0 Å². The van der Waals surface area contributed by atoms with Crippen molar-refractivity contribution in [1.29, 1.82) is 0 Å². The van der Waals surface area contributed by atoms with Crippen LogP contribution in [0.25, 0.3) is 0 Å². The highest BCUT2D eigenvalue weighted by Crippen LogP contribution is 2.18. The highest BCUT2D eigenvalue weighted by molar-refractivity contribution is 5.74. The first-order valence-electron chi connectivity index (χ1n) is 4.55. The van der Waals surface area contributed by atoms with Gasteiger partial charge in [0.05, 0.1) is 0 Å². The van der Waals surface area contributed by atoms with E-state index in [0.29, 0.717) is 6.54 Å². The summed E-state index contributed by atoms with van der Waals surface area (Å²) < 4.78 is 35.5. The quantitative estimate of drug-likeness (QED) is 0.610. The van der Waals surface area contributed by atoms with Crippen molar-refractivity contribution < 1.29 is 18.0 Å². The molecule has 1 saturated heterocycles. The lowest BCUT2D eigenvalue weighted by Crippen LogP contribution is -2.51. The fourth-order valence-electron chi connectivity index (χ4n) is 1.59. The zero-order valence-electron chi connectivity index (χ0n) is 7.90. The second kappa shape index (κ2) is 4.06. The third-order valence-electron chi connectivity index (χ3n) is 2.31. The molecule has 1 N–H and O–H groups in total. The van der Waals surface area contributed by atoms with Gasteiger partial charge >= 0.3 is 12.3 Å². The van der Waals surface area contributed by atoms with Crippen molar-refractivity contribution in [3.05, 3.63) is 0 Å². The number of likely N-dealkylation sites (tertiary alicyclic amines) is 1. The topological polar surface area (TPSA) is 32.3 Å². The Hall–Kier alpha value is -0.940.